The first kappa shape index (κ1) is 29.7. The molecule has 0 unspecified atom stereocenters. The second kappa shape index (κ2) is 12.9. The molecule has 0 amide bonds. The van der Waals surface area contributed by atoms with E-state index in [2.05, 4.69) is 15.0 Å². The number of aryl methyl sites for hydroxylation is 2. The minimum absolute atomic E-state index is 0.0906. The van der Waals surface area contributed by atoms with Crippen LogP contribution in [0.4, 0.5) is 0 Å². The third kappa shape index (κ3) is 5.92. The van der Waals surface area contributed by atoms with Crippen LogP contribution in [-0.4, -0.2) is 94.6 Å². The number of aliphatic hydroxyl groups is 1. The molecule has 0 aliphatic carbocycles. The van der Waals surface area contributed by atoms with E-state index in [0.29, 0.717) is 73.7 Å². The number of hydrogen-bond donors (Lipinski definition) is 3. The van der Waals surface area contributed by atoms with E-state index in [1.807, 2.05) is 13.8 Å². The number of nitrogens with zero attached hydrogens (tertiary/aromatic N) is 5. The number of ether oxygens (including phenoxy) is 1. The van der Waals surface area contributed by atoms with Crippen molar-refractivity contribution in [3.05, 3.63) is 39.8 Å². The normalized spacial score (nSPS) is 15.4. The van der Waals surface area contributed by atoms with Gasteiger partial charge in [-0.05, 0) is 37.5 Å². The van der Waals surface area contributed by atoms with E-state index in [9.17, 15) is 18.4 Å². The molecule has 1 aliphatic rings. The Hall–Kier alpha value is -3.26. The Bertz CT molecular complexity index is 1520. The minimum atomic E-state index is -3.82. The summed E-state index contributed by atoms with van der Waals surface area (Å²) in [6.07, 6.45) is 4.07. The average molecular weight is 575 g/mol. The Balaban J connectivity index is 1.80. The number of aromatic amines is 1. The molecular formula is C27H38N6O6S. The number of piperazine rings is 1. The monoisotopic (exact) mass is 574 g/mol. The lowest BCUT2D eigenvalue weighted by molar-refractivity contribution is 0.171. The third-order valence-corrected chi connectivity index (χ3v) is 9.03. The molecular weight excluding hydrogens is 536 g/mol. The van der Waals surface area contributed by atoms with Crippen LogP contribution >= 0.6 is 0 Å². The first-order valence-electron chi connectivity index (χ1n) is 13.7. The lowest BCUT2D eigenvalue weighted by Crippen LogP contribution is -2.48. The molecule has 0 radical (unpaired) electrons. The zero-order valence-electron chi connectivity index (χ0n) is 23.3. The van der Waals surface area contributed by atoms with Gasteiger partial charge in [-0.1, -0.05) is 25.4 Å². The SMILES string of the molecule is CCCOc1ccc(S(=O)(=O)N2CCN(CCCO)CC2)cc1-c1nc2c(CCC)c(C=NO)n(C)c2c(=O)[nH]1. The summed E-state index contributed by atoms with van der Waals surface area (Å²) in [5.41, 5.74) is 2.12. The number of benzene rings is 1. The van der Waals surface area contributed by atoms with Gasteiger partial charge in [-0.25, -0.2) is 13.4 Å². The maximum absolute atomic E-state index is 13.6. The lowest BCUT2D eigenvalue weighted by Gasteiger charge is -2.33. The highest BCUT2D eigenvalue weighted by atomic mass is 32.2. The van der Waals surface area contributed by atoms with Crippen LogP contribution in [-0.2, 0) is 23.5 Å². The van der Waals surface area contributed by atoms with Crippen LogP contribution in [0.25, 0.3) is 22.4 Å². The van der Waals surface area contributed by atoms with E-state index in [4.69, 9.17) is 14.8 Å². The second-order valence-corrected chi connectivity index (χ2v) is 11.8. The Morgan fingerprint density at radius 3 is 2.58 bits per heavy atom. The van der Waals surface area contributed by atoms with Crippen molar-refractivity contribution in [2.75, 3.05) is 45.9 Å². The van der Waals surface area contributed by atoms with Crippen LogP contribution in [0.1, 0.15) is 44.4 Å². The maximum atomic E-state index is 13.6. The minimum Gasteiger partial charge on any atom is -0.493 e. The summed E-state index contributed by atoms with van der Waals surface area (Å²) in [5.74, 6) is 0.618. The topological polar surface area (TPSA) is 153 Å². The number of aliphatic hydroxyl groups excluding tert-OH is 1. The summed E-state index contributed by atoms with van der Waals surface area (Å²) in [7, 11) is -2.11. The number of H-pyrrole nitrogens is 1. The van der Waals surface area contributed by atoms with Gasteiger partial charge in [-0.2, -0.15) is 4.31 Å². The quantitative estimate of drug-likeness (QED) is 0.169. The van der Waals surface area contributed by atoms with E-state index < -0.39 is 15.6 Å². The fraction of sp³-hybridized carbons (Fsp3) is 0.519. The highest BCUT2D eigenvalue weighted by molar-refractivity contribution is 7.89. The molecule has 3 aromatic rings. The van der Waals surface area contributed by atoms with Gasteiger partial charge in [-0.15, -0.1) is 0 Å². The molecule has 13 heteroatoms. The highest BCUT2D eigenvalue weighted by Gasteiger charge is 2.30. The van der Waals surface area contributed by atoms with Gasteiger partial charge < -0.3 is 29.5 Å². The summed E-state index contributed by atoms with van der Waals surface area (Å²) in [5, 5.41) is 21.5. The second-order valence-electron chi connectivity index (χ2n) is 9.86. The lowest BCUT2D eigenvalue weighted by atomic mass is 10.1. The predicted octanol–water partition coefficient (Wildman–Crippen LogP) is 2.17. The van der Waals surface area contributed by atoms with Gasteiger partial charge >= 0.3 is 0 Å². The fourth-order valence-corrected chi connectivity index (χ4v) is 6.55. The Labute approximate surface area is 233 Å². The van der Waals surface area contributed by atoms with Gasteiger partial charge in [-0.3, -0.25) is 4.79 Å². The standard InChI is InChI=1S/C27H38N6O6S/c1-4-7-20-22(18-28-36)31(3)25-24(20)29-26(30-27(25)35)21-17-19(8-9-23(21)39-16-5-2)40(37,38)33-13-11-32(12-14-33)10-6-15-34/h8-9,17-18,34,36H,4-7,10-16H2,1-3H3,(H,29,30,35). The number of oxime groups is 1. The summed E-state index contributed by atoms with van der Waals surface area (Å²) in [4.78, 5) is 23.2. The molecule has 4 rings (SSSR count). The molecule has 40 heavy (non-hydrogen) atoms. The summed E-state index contributed by atoms with van der Waals surface area (Å²) >= 11 is 0. The van der Waals surface area contributed by atoms with E-state index in [0.717, 1.165) is 24.9 Å². The zero-order chi connectivity index (χ0) is 28.9. The molecule has 0 spiro atoms. The summed E-state index contributed by atoms with van der Waals surface area (Å²) in [6, 6.07) is 4.65. The van der Waals surface area contributed by atoms with Gasteiger partial charge in [0, 0.05) is 51.9 Å². The molecule has 1 aliphatic heterocycles. The highest BCUT2D eigenvalue weighted by Crippen LogP contribution is 2.33. The fourth-order valence-electron chi connectivity index (χ4n) is 5.11. The number of sulfonamides is 1. The molecule has 0 saturated carbocycles. The van der Waals surface area contributed by atoms with Crippen molar-refractivity contribution in [2.24, 2.45) is 12.2 Å². The van der Waals surface area contributed by atoms with Gasteiger partial charge in [0.05, 0.1) is 29.0 Å². The molecule has 0 bridgehead atoms. The molecule has 3 heterocycles. The molecule has 1 fully saturated rings. The van der Waals surface area contributed by atoms with Crippen molar-refractivity contribution < 1.29 is 23.5 Å². The Morgan fingerprint density at radius 2 is 1.93 bits per heavy atom. The van der Waals surface area contributed by atoms with Crippen molar-refractivity contribution in [3.63, 3.8) is 0 Å². The molecule has 2 aromatic heterocycles. The number of fused-ring (bicyclic) bond motifs is 1. The van der Waals surface area contributed by atoms with E-state index in [1.165, 1.54) is 22.7 Å². The van der Waals surface area contributed by atoms with Crippen molar-refractivity contribution in [1.29, 1.82) is 0 Å². The third-order valence-electron chi connectivity index (χ3n) is 7.14. The van der Waals surface area contributed by atoms with Crippen molar-refractivity contribution >= 4 is 27.3 Å². The van der Waals surface area contributed by atoms with Crippen LogP contribution in [0.2, 0.25) is 0 Å². The molecule has 0 atom stereocenters. The van der Waals surface area contributed by atoms with Crippen LogP contribution in [0.15, 0.2) is 33.0 Å². The van der Waals surface area contributed by atoms with Gasteiger partial charge in [0.2, 0.25) is 10.0 Å². The smallest absolute Gasteiger partial charge is 0.275 e. The number of hydrogen-bond acceptors (Lipinski definition) is 9. The Kier molecular flexibility index (Phi) is 9.61. The van der Waals surface area contributed by atoms with Crippen molar-refractivity contribution in [3.8, 4) is 17.1 Å². The number of nitrogens with one attached hydrogen (secondary N) is 1. The molecule has 1 saturated heterocycles. The summed E-state index contributed by atoms with van der Waals surface area (Å²) in [6.45, 7) is 7.08. The number of aromatic nitrogens is 3. The predicted molar refractivity (Wildman–Crippen MR) is 153 cm³/mol. The first-order chi connectivity index (χ1) is 19.3. The van der Waals surface area contributed by atoms with Crippen LogP contribution in [0.5, 0.6) is 5.75 Å². The first-order valence-corrected chi connectivity index (χ1v) is 15.1. The van der Waals surface area contributed by atoms with Crippen LogP contribution in [0.3, 0.4) is 0 Å². The van der Waals surface area contributed by atoms with Gasteiger partial charge in [0.15, 0.2) is 0 Å². The van der Waals surface area contributed by atoms with Crippen molar-refractivity contribution in [1.82, 2.24) is 23.7 Å². The van der Waals surface area contributed by atoms with E-state index >= 15 is 0 Å². The largest absolute Gasteiger partial charge is 0.493 e. The van der Waals surface area contributed by atoms with Crippen LogP contribution < -0.4 is 10.3 Å². The zero-order valence-corrected chi connectivity index (χ0v) is 24.1. The average Bonchev–Trinajstić information content (AvgIpc) is 3.21. The number of rotatable bonds is 12. The van der Waals surface area contributed by atoms with Gasteiger partial charge in [0.1, 0.15) is 22.6 Å². The maximum Gasteiger partial charge on any atom is 0.275 e. The Morgan fingerprint density at radius 1 is 1.18 bits per heavy atom. The summed E-state index contributed by atoms with van der Waals surface area (Å²) < 4.78 is 36.3. The van der Waals surface area contributed by atoms with E-state index in [-0.39, 0.29) is 17.3 Å². The van der Waals surface area contributed by atoms with Crippen molar-refractivity contribution in [2.45, 2.75) is 44.4 Å². The van der Waals surface area contributed by atoms with Crippen LogP contribution in [0, 0.1) is 0 Å². The van der Waals surface area contributed by atoms with Gasteiger partial charge in [0.25, 0.3) is 5.56 Å². The molecule has 1 aromatic carbocycles. The molecule has 12 nitrogen and oxygen atoms in total. The van der Waals surface area contributed by atoms with E-state index in [1.54, 1.807) is 17.7 Å². The molecule has 3 N–H and O–H groups in total. The molecule has 218 valence electrons.